The van der Waals surface area contributed by atoms with E-state index in [-0.39, 0.29) is 0 Å². The van der Waals surface area contributed by atoms with Crippen LogP contribution in [0.1, 0.15) is 0 Å². The quantitative estimate of drug-likeness (QED) is 0.584. The summed E-state index contributed by atoms with van der Waals surface area (Å²) in [6, 6.07) is 0. The summed E-state index contributed by atoms with van der Waals surface area (Å²) in [5.41, 5.74) is 1.82. The molecule has 0 aromatic carbocycles. The van der Waals surface area contributed by atoms with Gasteiger partial charge in [0.2, 0.25) is 0 Å². The summed E-state index contributed by atoms with van der Waals surface area (Å²) in [7, 11) is 3.65. The molecule has 5 heteroatoms. The third-order valence-electron chi connectivity index (χ3n) is 1.85. The van der Waals surface area contributed by atoms with Gasteiger partial charge in [-0.2, -0.15) is 0 Å². The van der Waals surface area contributed by atoms with Crippen LogP contribution in [0.15, 0.2) is 12.7 Å². The van der Waals surface area contributed by atoms with Crippen molar-refractivity contribution in [1.82, 2.24) is 19.1 Å². The van der Waals surface area contributed by atoms with Gasteiger partial charge in [0, 0.05) is 14.1 Å². The lowest BCUT2D eigenvalue weighted by atomic mass is 10.5. The molecule has 5 nitrogen and oxygen atoms in total. The summed E-state index contributed by atoms with van der Waals surface area (Å²) < 4.78 is 3.45. The molecular formula is C7H9N5. The molecule has 0 aliphatic carbocycles. The molecule has 2 aromatic heterocycles. The molecule has 0 unspecified atom stereocenters. The molecule has 0 saturated heterocycles. The van der Waals surface area contributed by atoms with E-state index in [1.807, 2.05) is 7.05 Å². The van der Waals surface area contributed by atoms with Crippen molar-refractivity contribution in [1.29, 1.82) is 5.41 Å². The Morgan fingerprint density at radius 3 is 2.42 bits per heavy atom. The predicted octanol–water partition coefficient (Wildman–Crippen LogP) is -0.214. The van der Waals surface area contributed by atoms with E-state index < -0.39 is 0 Å². The lowest BCUT2D eigenvalue weighted by Crippen LogP contribution is -2.18. The van der Waals surface area contributed by atoms with Gasteiger partial charge in [0.15, 0.2) is 11.1 Å². The third-order valence-corrected chi connectivity index (χ3v) is 1.85. The average molecular weight is 163 g/mol. The standard InChI is InChI=1S/C7H9N5/c1-11-3-9-7-5(11)6(8)12(2)4-10-7/h3-4,8H,1-2H3. The Morgan fingerprint density at radius 2 is 1.75 bits per heavy atom. The zero-order valence-corrected chi connectivity index (χ0v) is 6.94. The van der Waals surface area contributed by atoms with Crippen LogP contribution in [0.4, 0.5) is 0 Å². The van der Waals surface area contributed by atoms with Gasteiger partial charge in [-0.1, -0.05) is 0 Å². The Morgan fingerprint density at radius 1 is 1.17 bits per heavy atom. The summed E-state index contributed by atoms with van der Waals surface area (Å²) in [4.78, 5) is 8.11. The Kier molecular flexibility index (Phi) is 1.27. The van der Waals surface area contributed by atoms with Gasteiger partial charge in [-0.3, -0.25) is 5.41 Å². The van der Waals surface area contributed by atoms with Crippen molar-refractivity contribution < 1.29 is 0 Å². The molecule has 0 spiro atoms. The molecular weight excluding hydrogens is 154 g/mol. The zero-order valence-electron chi connectivity index (χ0n) is 6.94. The van der Waals surface area contributed by atoms with Crippen LogP contribution in [0.2, 0.25) is 0 Å². The maximum atomic E-state index is 7.71. The normalized spacial score (nSPS) is 10.8. The number of nitrogens with zero attached hydrogens (tertiary/aromatic N) is 4. The van der Waals surface area contributed by atoms with E-state index in [0.717, 1.165) is 5.52 Å². The van der Waals surface area contributed by atoms with Gasteiger partial charge in [0.1, 0.15) is 5.52 Å². The molecule has 2 rings (SSSR count). The first kappa shape index (κ1) is 7.02. The fraction of sp³-hybridized carbons (Fsp3) is 0.286. The molecule has 2 heterocycles. The van der Waals surface area contributed by atoms with Crippen LogP contribution >= 0.6 is 0 Å². The SMILES string of the molecule is Cn1cnc2ncn(C)c2c1=N. The van der Waals surface area contributed by atoms with Gasteiger partial charge in [0.25, 0.3) is 0 Å². The second-order valence-electron chi connectivity index (χ2n) is 2.73. The molecule has 2 aromatic rings. The van der Waals surface area contributed by atoms with Crippen molar-refractivity contribution in [2.24, 2.45) is 14.1 Å². The second-order valence-corrected chi connectivity index (χ2v) is 2.73. The highest BCUT2D eigenvalue weighted by molar-refractivity contribution is 5.68. The summed E-state index contributed by atoms with van der Waals surface area (Å²) in [6.45, 7) is 0. The predicted molar refractivity (Wildman–Crippen MR) is 43.3 cm³/mol. The van der Waals surface area contributed by atoms with Crippen molar-refractivity contribution in [2.75, 3.05) is 0 Å². The molecule has 1 N–H and O–H groups in total. The third kappa shape index (κ3) is 0.761. The molecule has 0 atom stereocenters. The highest BCUT2D eigenvalue weighted by Gasteiger charge is 2.02. The zero-order chi connectivity index (χ0) is 8.72. The summed E-state index contributed by atoms with van der Waals surface area (Å²) in [5, 5.41) is 7.71. The number of imidazole rings is 1. The molecule has 0 amide bonds. The lowest BCUT2D eigenvalue weighted by Gasteiger charge is -1.98. The van der Waals surface area contributed by atoms with Gasteiger partial charge in [0.05, 0.1) is 12.7 Å². The van der Waals surface area contributed by atoms with Crippen molar-refractivity contribution in [2.45, 2.75) is 0 Å². The Bertz CT molecular complexity index is 478. The molecule has 0 radical (unpaired) electrons. The first-order valence-corrected chi connectivity index (χ1v) is 3.57. The van der Waals surface area contributed by atoms with Gasteiger partial charge < -0.3 is 9.13 Å². The van der Waals surface area contributed by atoms with E-state index in [2.05, 4.69) is 9.97 Å². The minimum atomic E-state index is 0.431. The average Bonchev–Trinajstić information content (AvgIpc) is 2.41. The number of aromatic nitrogens is 4. The van der Waals surface area contributed by atoms with Crippen LogP contribution in [0.3, 0.4) is 0 Å². The van der Waals surface area contributed by atoms with Gasteiger partial charge in [-0.15, -0.1) is 0 Å². The Balaban J connectivity index is 3.06. The van der Waals surface area contributed by atoms with Crippen LogP contribution in [-0.2, 0) is 14.1 Å². The van der Waals surface area contributed by atoms with E-state index in [1.165, 1.54) is 0 Å². The number of hydrogen-bond donors (Lipinski definition) is 1. The first-order valence-electron chi connectivity index (χ1n) is 3.57. The molecule has 62 valence electrons. The van der Waals surface area contributed by atoms with E-state index in [9.17, 15) is 0 Å². The van der Waals surface area contributed by atoms with Crippen LogP contribution in [-0.4, -0.2) is 19.1 Å². The number of fused-ring (bicyclic) bond motifs is 1. The molecule has 0 saturated carbocycles. The number of hydrogen-bond acceptors (Lipinski definition) is 3. The fourth-order valence-electron chi connectivity index (χ4n) is 1.15. The maximum Gasteiger partial charge on any atom is 0.182 e. The molecule has 0 fully saturated rings. The molecule has 0 aliphatic heterocycles. The number of nitrogens with one attached hydrogen (secondary N) is 1. The van der Waals surface area contributed by atoms with E-state index in [4.69, 9.17) is 5.41 Å². The highest BCUT2D eigenvalue weighted by Crippen LogP contribution is 2.00. The largest absolute Gasteiger partial charge is 0.329 e. The topological polar surface area (TPSA) is 59.5 Å². The van der Waals surface area contributed by atoms with Crippen LogP contribution < -0.4 is 5.49 Å². The van der Waals surface area contributed by atoms with E-state index in [1.54, 1.807) is 28.8 Å². The van der Waals surface area contributed by atoms with E-state index in [0.29, 0.717) is 11.1 Å². The maximum absolute atomic E-state index is 7.71. The summed E-state index contributed by atoms with van der Waals surface area (Å²) in [5.74, 6) is 0. The van der Waals surface area contributed by atoms with Gasteiger partial charge in [-0.05, 0) is 0 Å². The Labute approximate surface area is 68.8 Å². The minimum absolute atomic E-state index is 0.431. The molecule has 12 heavy (non-hydrogen) atoms. The Hall–Kier alpha value is -1.65. The van der Waals surface area contributed by atoms with Crippen LogP contribution in [0.25, 0.3) is 11.2 Å². The first-order chi connectivity index (χ1) is 5.70. The molecule has 0 bridgehead atoms. The summed E-state index contributed by atoms with van der Waals surface area (Å²) in [6.07, 6.45) is 3.26. The monoisotopic (exact) mass is 163 g/mol. The second kappa shape index (κ2) is 2.17. The van der Waals surface area contributed by atoms with Crippen LogP contribution in [0.5, 0.6) is 0 Å². The lowest BCUT2D eigenvalue weighted by molar-refractivity contribution is 0.791. The van der Waals surface area contributed by atoms with Crippen molar-refractivity contribution >= 4 is 11.2 Å². The van der Waals surface area contributed by atoms with Crippen LogP contribution in [0, 0.1) is 5.41 Å². The van der Waals surface area contributed by atoms with E-state index >= 15 is 0 Å². The van der Waals surface area contributed by atoms with Crippen molar-refractivity contribution in [3.63, 3.8) is 0 Å². The number of aryl methyl sites for hydroxylation is 2. The van der Waals surface area contributed by atoms with Gasteiger partial charge >= 0.3 is 0 Å². The minimum Gasteiger partial charge on any atom is -0.329 e. The van der Waals surface area contributed by atoms with Crippen molar-refractivity contribution in [3.05, 3.63) is 18.1 Å². The molecule has 0 aliphatic rings. The van der Waals surface area contributed by atoms with Crippen molar-refractivity contribution in [3.8, 4) is 0 Å². The smallest absolute Gasteiger partial charge is 0.182 e. The summed E-state index contributed by atoms with van der Waals surface area (Å²) >= 11 is 0. The van der Waals surface area contributed by atoms with Gasteiger partial charge in [-0.25, -0.2) is 9.97 Å². The fourth-order valence-corrected chi connectivity index (χ4v) is 1.15. The number of rotatable bonds is 0. The highest BCUT2D eigenvalue weighted by atomic mass is 15.1.